The number of hydrogen-bond donors (Lipinski definition) is 0. The molecule has 3 rings (SSSR count). The predicted molar refractivity (Wildman–Crippen MR) is 69.8 cm³/mol. The number of aryl methyl sites for hydroxylation is 1. The minimum atomic E-state index is 0.979. The Morgan fingerprint density at radius 2 is 2.27 bits per heavy atom. The van der Waals surface area contributed by atoms with E-state index in [2.05, 4.69) is 50.6 Å². The van der Waals surface area contributed by atoms with Crippen LogP contribution in [0.4, 0.5) is 0 Å². The Labute approximate surface area is 103 Å². The molecule has 1 aromatic carbocycles. The standard InChI is InChI=1S/C12H13IN2/c13-11-4-3-10-8-14-15(12(10)7-11)6-5-9-1-2-9/h3-4,7-9H,1-2,5-6H2. The monoisotopic (exact) mass is 312 g/mol. The van der Waals surface area contributed by atoms with Crippen molar-refractivity contribution < 1.29 is 0 Å². The fourth-order valence-corrected chi connectivity index (χ4v) is 2.41. The first kappa shape index (κ1) is 9.63. The predicted octanol–water partition coefficient (Wildman–Crippen LogP) is 3.44. The number of aromatic nitrogens is 2. The minimum absolute atomic E-state index is 0.979. The number of nitrogens with zero attached hydrogens (tertiary/aromatic N) is 2. The zero-order chi connectivity index (χ0) is 10.3. The molecule has 1 aliphatic rings. The van der Waals surface area contributed by atoms with Gasteiger partial charge in [0.15, 0.2) is 0 Å². The Hall–Kier alpha value is -0.580. The van der Waals surface area contributed by atoms with Crippen LogP contribution in [-0.2, 0) is 6.54 Å². The van der Waals surface area contributed by atoms with Gasteiger partial charge in [-0.05, 0) is 47.1 Å². The van der Waals surface area contributed by atoms with E-state index in [1.807, 2.05) is 6.20 Å². The van der Waals surface area contributed by atoms with Crippen molar-refractivity contribution in [1.82, 2.24) is 9.78 Å². The smallest absolute Gasteiger partial charge is 0.0692 e. The summed E-state index contributed by atoms with van der Waals surface area (Å²) in [6.07, 6.45) is 6.12. The lowest BCUT2D eigenvalue weighted by Crippen LogP contribution is -2.00. The van der Waals surface area contributed by atoms with Crippen molar-refractivity contribution in [1.29, 1.82) is 0 Å². The summed E-state index contributed by atoms with van der Waals surface area (Å²) in [5, 5.41) is 5.71. The first-order valence-corrected chi connectivity index (χ1v) is 6.52. The summed E-state index contributed by atoms with van der Waals surface area (Å²) >= 11 is 2.36. The summed E-state index contributed by atoms with van der Waals surface area (Å²) in [6.45, 7) is 1.08. The Morgan fingerprint density at radius 3 is 3.07 bits per heavy atom. The summed E-state index contributed by atoms with van der Waals surface area (Å²) in [5.74, 6) is 0.979. The molecule has 0 bridgehead atoms. The fourth-order valence-electron chi connectivity index (χ4n) is 1.93. The average Bonchev–Trinajstić information content (AvgIpc) is 2.97. The Bertz CT molecular complexity index is 485. The van der Waals surface area contributed by atoms with Gasteiger partial charge in [-0.3, -0.25) is 4.68 Å². The van der Waals surface area contributed by atoms with Crippen molar-refractivity contribution in [2.24, 2.45) is 5.92 Å². The van der Waals surface area contributed by atoms with Crippen molar-refractivity contribution in [2.45, 2.75) is 25.8 Å². The van der Waals surface area contributed by atoms with E-state index in [-0.39, 0.29) is 0 Å². The summed E-state index contributed by atoms with van der Waals surface area (Å²) in [4.78, 5) is 0. The quantitative estimate of drug-likeness (QED) is 0.794. The van der Waals surface area contributed by atoms with Crippen molar-refractivity contribution >= 4 is 33.5 Å². The molecule has 0 spiro atoms. The maximum atomic E-state index is 4.45. The molecule has 2 nitrogen and oxygen atoms in total. The highest BCUT2D eigenvalue weighted by atomic mass is 127. The van der Waals surface area contributed by atoms with E-state index in [0.717, 1.165) is 12.5 Å². The van der Waals surface area contributed by atoms with Crippen LogP contribution in [0.2, 0.25) is 0 Å². The molecule has 1 heterocycles. The van der Waals surface area contributed by atoms with E-state index < -0.39 is 0 Å². The second-order valence-corrected chi connectivity index (χ2v) is 5.55. The van der Waals surface area contributed by atoms with Gasteiger partial charge in [-0.15, -0.1) is 0 Å². The topological polar surface area (TPSA) is 17.8 Å². The summed E-state index contributed by atoms with van der Waals surface area (Å²) in [7, 11) is 0. The lowest BCUT2D eigenvalue weighted by molar-refractivity contribution is 0.561. The van der Waals surface area contributed by atoms with Crippen LogP contribution in [0.25, 0.3) is 10.9 Å². The number of hydrogen-bond acceptors (Lipinski definition) is 1. The third kappa shape index (κ3) is 2.02. The molecule has 0 atom stereocenters. The maximum Gasteiger partial charge on any atom is 0.0692 e. The molecular formula is C12H13IN2. The number of fused-ring (bicyclic) bond motifs is 1. The maximum absolute atomic E-state index is 4.45. The average molecular weight is 312 g/mol. The molecule has 0 N–H and O–H groups in total. The van der Waals surface area contributed by atoms with Crippen molar-refractivity contribution in [3.8, 4) is 0 Å². The third-order valence-electron chi connectivity index (χ3n) is 3.05. The van der Waals surface area contributed by atoms with Crippen LogP contribution in [0.15, 0.2) is 24.4 Å². The normalized spacial score (nSPS) is 16.1. The Morgan fingerprint density at radius 1 is 1.40 bits per heavy atom. The zero-order valence-electron chi connectivity index (χ0n) is 8.49. The lowest BCUT2D eigenvalue weighted by Gasteiger charge is -2.02. The van der Waals surface area contributed by atoms with Crippen LogP contribution in [0, 0.1) is 9.49 Å². The van der Waals surface area contributed by atoms with Gasteiger partial charge in [0.05, 0.1) is 11.7 Å². The van der Waals surface area contributed by atoms with Gasteiger partial charge in [0.1, 0.15) is 0 Å². The second-order valence-electron chi connectivity index (χ2n) is 4.30. The molecule has 78 valence electrons. The van der Waals surface area contributed by atoms with Gasteiger partial charge in [-0.2, -0.15) is 5.10 Å². The zero-order valence-corrected chi connectivity index (χ0v) is 10.6. The minimum Gasteiger partial charge on any atom is -0.265 e. The largest absolute Gasteiger partial charge is 0.265 e. The van der Waals surface area contributed by atoms with Gasteiger partial charge in [-0.1, -0.05) is 18.9 Å². The number of rotatable bonds is 3. The molecule has 0 radical (unpaired) electrons. The number of halogens is 1. The highest BCUT2D eigenvalue weighted by Gasteiger charge is 2.20. The van der Waals surface area contributed by atoms with E-state index in [9.17, 15) is 0 Å². The molecule has 0 aliphatic heterocycles. The van der Waals surface area contributed by atoms with Gasteiger partial charge < -0.3 is 0 Å². The Kier molecular flexibility index (Phi) is 2.42. The van der Waals surface area contributed by atoms with Crippen LogP contribution in [-0.4, -0.2) is 9.78 Å². The van der Waals surface area contributed by atoms with E-state index in [1.54, 1.807) is 0 Å². The van der Waals surface area contributed by atoms with E-state index in [4.69, 9.17) is 0 Å². The molecule has 1 saturated carbocycles. The van der Waals surface area contributed by atoms with Crippen molar-refractivity contribution in [3.05, 3.63) is 28.0 Å². The van der Waals surface area contributed by atoms with Crippen LogP contribution >= 0.6 is 22.6 Å². The van der Waals surface area contributed by atoms with E-state index in [1.165, 1.54) is 33.7 Å². The first-order chi connectivity index (χ1) is 7.33. The molecule has 1 aromatic heterocycles. The van der Waals surface area contributed by atoms with Gasteiger partial charge in [0, 0.05) is 15.5 Å². The van der Waals surface area contributed by atoms with Gasteiger partial charge in [0.25, 0.3) is 0 Å². The summed E-state index contributed by atoms with van der Waals surface area (Å²) in [5.41, 5.74) is 1.28. The van der Waals surface area contributed by atoms with Crippen LogP contribution < -0.4 is 0 Å². The van der Waals surface area contributed by atoms with Crippen molar-refractivity contribution in [3.63, 3.8) is 0 Å². The fraction of sp³-hybridized carbons (Fsp3) is 0.417. The SMILES string of the molecule is Ic1ccc2cnn(CCC3CC3)c2c1. The van der Waals surface area contributed by atoms with E-state index >= 15 is 0 Å². The second kappa shape index (κ2) is 3.77. The summed E-state index contributed by atoms with van der Waals surface area (Å²) in [6, 6.07) is 6.50. The third-order valence-corrected chi connectivity index (χ3v) is 3.72. The first-order valence-electron chi connectivity index (χ1n) is 5.44. The molecule has 0 amide bonds. The lowest BCUT2D eigenvalue weighted by atomic mass is 10.2. The highest BCUT2D eigenvalue weighted by Crippen LogP contribution is 2.33. The van der Waals surface area contributed by atoms with E-state index in [0.29, 0.717) is 0 Å². The summed E-state index contributed by atoms with van der Waals surface area (Å²) < 4.78 is 3.43. The van der Waals surface area contributed by atoms with Gasteiger partial charge >= 0.3 is 0 Å². The molecule has 0 saturated heterocycles. The van der Waals surface area contributed by atoms with Crippen LogP contribution in [0.1, 0.15) is 19.3 Å². The highest BCUT2D eigenvalue weighted by molar-refractivity contribution is 14.1. The van der Waals surface area contributed by atoms with Crippen LogP contribution in [0.3, 0.4) is 0 Å². The molecule has 15 heavy (non-hydrogen) atoms. The molecule has 0 unspecified atom stereocenters. The van der Waals surface area contributed by atoms with Gasteiger partial charge in [-0.25, -0.2) is 0 Å². The molecular weight excluding hydrogens is 299 g/mol. The van der Waals surface area contributed by atoms with Crippen LogP contribution in [0.5, 0.6) is 0 Å². The molecule has 3 heteroatoms. The Balaban J connectivity index is 1.91. The van der Waals surface area contributed by atoms with Gasteiger partial charge in [0.2, 0.25) is 0 Å². The number of benzene rings is 1. The molecule has 1 fully saturated rings. The molecule has 2 aromatic rings. The molecule has 1 aliphatic carbocycles. The van der Waals surface area contributed by atoms with Crippen molar-refractivity contribution in [2.75, 3.05) is 0 Å².